The third-order valence-corrected chi connectivity index (χ3v) is 3.82. The van der Waals surface area contributed by atoms with Gasteiger partial charge in [-0.3, -0.25) is 0 Å². The number of sulfonamides is 1. The van der Waals surface area contributed by atoms with E-state index in [9.17, 15) is 8.42 Å². The predicted molar refractivity (Wildman–Crippen MR) is 65.3 cm³/mol. The molecule has 0 unspecified atom stereocenters. The number of aromatic amines is 1. The van der Waals surface area contributed by atoms with Crippen LogP contribution in [0.1, 0.15) is 11.1 Å². The van der Waals surface area contributed by atoms with Crippen molar-refractivity contribution in [2.24, 2.45) is 0 Å². The zero-order chi connectivity index (χ0) is 13.2. The Kier molecular flexibility index (Phi) is 3.04. The summed E-state index contributed by atoms with van der Waals surface area (Å²) < 4.78 is 26.5. The second kappa shape index (κ2) is 4.50. The summed E-state index contributed by atoms with van der Waals surface area (Å²) in [7, 11) is -3.74. The van der Waals surface area contributed by atoms with Gasteiger partial charge in [0.2, 0.25) is 5.95 Å². The van der Waals surface area contributed by atoms with E-state index in [0.717, 1.165) is 0 Å². The Morgan fingerprint density at radius 1 is 1.44 bits per heavy atom. The van der Waals surface area contributed by atoms with E-state index in [1.165, 1.54) is 18.5 Å². The Morgan fingerprint density at radius 2 is 2.22 bits per heavy atom. The van der Waals surface area contributed by atoms with Gasteiger partial charge in [0, 0.05) is 12.4 Å². The number of rotatable bonds is 3. The number of aromatic nitrogens is 2. The summed E-state index contributed by atoms with van der Waals surface area (Å²) in [5.41, 5.74) is 0.855. The Morgan fingerprint density at radius 3 is 2.83 bits per heavy atom. The summed E-state index contributed by atoms with van der Waals surface area (Å²) >= 11 is 0. The number of imidazole rings is 1. The van der Waals surface area contributed by atoms with Crippen LogP contribution in [0.25, 0.3) is 0 Å². The Balaban J connectivity index is 2.44. The summed E-state index contributed by atoms with van der Waals surface area (Å²) in [6, 6.07) is 6.41. The van der Waals surface area contributed by atoms with Crippen LogP contribution in [-0.4, -0.2) is 18.4 Å². The van der Waals surface area contributed by atoms with Gasteiger partial charge in [0.25, 0.3) is 10.0 Å². The average Bonchev–Trinajstić information content (AvgIpc) is 2.81. The zero-order valence-electron chi connectivity index (χ0n) is 9.51. The van der Waals surface area contributed by atoms with Gasteiger partial charge in [-0.2, -0.15) is 5.26 Å². The summed E-state index contributed by atoms with van der Waals surface area (Å²) in [5.74, 6) is 0.136. The fourth-order valence-corrected chi connectivity index (χ4v) is 2.71. The number of nitriles is 1. The Bertz CT molecular complexity index is 699. The smallest absolute Gasteiger partial charge is 0.264 e. The largest absolute Gasteiger partial charge is 0.330 e. The molecule has 6 nitrogen and oxygen atoms in total. The minimum absolute atomic E-state index is 0.0675. The van der Waals surface area contributed by atoms with Crippen LogP contribution in [0.5, 0.6) is 0 Å². The van der Waals surface area contributed by atoms with Crippen LogP contribution in [0.2, 0.25) is 0 Å². The maximum atomic E-state index is 12.1. The van der Waals surface area contributed by atoms with Gasteiger partial charge in [0.05, 0.1) is 16.5 Å². The van der Waals surface area contributed by atoms with Crippen molar-refractivity contribution < 1.29 is 8.42 Å². The van der Waals surface area contributed by atoms with E-state index in [-0.39, 0.29) is 10.8 Å². The fourth-order valence-electron chi connectivity index (χ4n) is 1.46. The average molecular weight is 262 g/mol. The van der Waals surface area contributed by atoms with Crippen LogP contribution >= 0.6 is 0 Å². The molecule has 0 aliphatic rings. The molecule has 1 aromatic carbocycles. The van der Waals surface area contributed by atoms with Gasteiger partial charge in [0.1, 0.15) is 0 Å². The van der Waals surface area contributed by atoms with E-state index in [1.54, 1.807) is 19.1 Å². The number of hydrogen-bond donors (Lipinski definition) is 2. The van der Waals surface area contributed by atoms with Crippen LogP contribution in [0.4, 0.5) is 5.95 Å². The molecular weight excluding hydrogens is 252 g/mol. The van der Waals surface area contributed by atoms with Crippen LogP contribution in [-0.2, 0) is 10.0 Å². The van der Waals surface area contributed by atoms with Crippen molar-refractivity contribution in [3.63, 3.8) is 0 Å². The molecule has 0 aliphatic heterocycles. The summed E-state index contributed by atoms with van der Waals surface area (Å²) in [4.78, 5) is 6.50. The third kappa shape index (κ3) is 2.33. The van der Waals surface area contributed by atoms with E-state index >= 15 is 0 Å². The number of hydrogen-bond acceptors (Lipinski definition) is 4. The van der Waals surface area contributed by atoms with Crippen LogP contribution in [0, 0.1) is 18.3 Å². The fraction of sp³-hybridized carbons (Fsp3) is 0.0909. The lowest BCUT2D eigenvalue weighted by atomic mass is 10.2. The second-order valence-electron chi connectivity index (χ2n) is 3.64. The van der Waals surface area contributed by atoms with Crippen LogP contribution < -0.4 is 4.72 Å². The van der Waals surface area contributed by atoms with Crippen molar-refractivity contribution >= 4 is 16.0 Å². The number of H-pyrrole nitrogens is 1. The molecule has 0 bridgehead atoms. The lowest BCUT2D eigenvalue weighted by Crippen LogP contribution is -2.15. The van der Waals surface area contributed by atoms with E-state index in [2.05, 4.69) is 14.7 Å². The number of nitrogens with zero attached hydrogens (tertiary/aromatic N) is 2. The monoisotopic (exact) mass is 262 g/mol. The molecule has 0 spiro atoms. The first-order chi connectivity index (χ1) is 8.53. The molecule has 1 aromatic heterocycles. The van der Waals surface area contributed by atoms with Gasteiger partial charge >= 0.3 is 0 Å². The topological polar surface area (TPSA) is 98.6 Å². The highest BCUT2D eigenvalue weighted by atomic mass is 32.2. The van der Waals surface area contributed by atoms with Crippen LogP contribution in [0.15, 0.2) is 35.5 Å². The van der Waals surface area contributed by atoms with Crippen LogP contribution in [0.3, 0.4) is 0 Å². The summed E-state index contributed by atoms with van der Waals surface area (Å²) in [5, 5.41) is 8.79. The van der Waals surface area contributed by atoms with Gasteiger partial charge in [-0.15, -0.1) is 0 Å². The second-order valence-corrected chi connectivity index (χ2v) is 5.29. The van der Waals surface area contributed by atoms with Gasteiger partial charge in [-0.05, 0) is 24.6 Å². The number of aryl methyl sites for hydroxylation is 1. The molecule has 92 valence electrons. The molecule has 0 atom stereocenters. The van der Waals surface area contributed by atoms with Crippen molar-refractivity contribution in [2.75, 3.05) is 4.72 Å². The predicted octanol–water partition coefficient (Wildman–Crippen LogP) is 1.39. The summed E-state index contributed by atoms with van der Waals surface area (Å²) in [6.45, 7) is 1.66. The minimum atomic E-state index is -3.74. The maximum absolute atomic E-state index is 12.1. The first-order valence-corrected chi connectivity index (χ1v) is 6.54. The van der Waals surface area contributed by atoms with Crippen molar-refractivity contribution in [1.29, 1.82) is 5.26 Å². The maximum Gasteiger partial charge on any atom is 0.264 e. The highest BCUT2D eigenvalue weighted by Gasteiger charge is 2.18. The number of anilines is 1. The molecule has 0 fully saturated rings. The molecule has 0 aliphatic carbocycles. The van der Waals surface area contributed by atoms with Gasteiger partial charge in [0.15, 0.2) is 0 Å². The molecule has 7 heteroatoms. The number of benzene rings is 1. The third-order valence-electron chi connectivity index (χ3n) is 2.34. The van der Waals surface area contributed by atoms with Crippen molar-refractivity contribution in [2.45, 2.75) is 11.8 Å². The molecular formula is C11H10N4O2S. The lowest BCUT2D eigenvalue weighted by molar-refractivity contribution is 0.600. The summed E-state index contributed by atoms with van der Waals surface area (Å²) in [6.07, 6.45) is 2.95. The molecule has 0 saturated heterocycles. The molecule has 2 N–H and O–H groups in total. The highest BCUT2D eigenvalue weighted by Crippen LogP contribution is 2.18. The normalized spacial score (nSPS) is 10.9. The molecule has 1 heterocycles. The molecule has 0 saturated carbocycles. The first-order valence-electron chi connectivity index (χ1n) is 5.06. The van der Waals surface area contributed by atoms with Crippen molar-refractivity contribution in [1.82, 2.24) is 9.97 Å². The van der Waals surface area contributed by atoms with Crippen molar-refractivity contribution in [3.05, 3.63) is 41.7 Å². The quantitative estimate of drug-likeness (QED) is 0.873. The first kappa shape index (κ1) is 12.1. The highest BCUT2D eigenvalue weighted by molar-refractivity contribution is 7.92. The standard InChI is InChI=1S/C11H10N4O2S/c1-8-2-3-9(7-12)6-10(8)18(16,17)15-11-13-4-5-14-11/h2-6H,1H3,(H2,13,14,15). The Labute approximate surface area is 104 Å². The molecule has 0 radical (unpaired) electrons. The molecule has 0 amide bonds. The van der Waals surface area contributed by atoms with E-state index in [1.807, 2.05) is 6.07 Å². The minimum Gasteiger partial charge on any atom is -0.330 e. The van der Waals surface area contributed by atoms with E-state index < -0.39 is 10.0 Å². The SMILES string of the molecule is Cc1ccc(C#N)cc1S(=O)(=O)Nc1ncc[nH]1. The van der Waals surface area contributed by atoms with E-state index in [0.29, 0.717) is 11.1 Å². The van der Waals surface area contributed by atoms with Crippen molar-refractivity contribution in [3.8, 4) is 6.07 Å². The molecule has 2 aromatic rings. The van der Waals surface area contributed by atoms with E-state index in [4.69, 9.17) is 5.26 Å². The molecule has 18 heavy (non-hydrogen) atoms. The number of nitrogens with one attached hydrogen (secondary N) is 2. The van der Waals surface area contributed by atoms with Gasteiger partial charge < -0.3 is 4.98 Å². The molecule has 2 rings (SSSR count). The zero-order valence-corrected chi connectivity index (χ0v) is 10.3. The lowest BCUT2D eigenvalue weighted by Gasteiger charge is -2.08. The van der Waals surface area contributed by atoms with Gasteiger partial charge in [-0.25, -0.2) is 18.1 Å². The van der Waals surface area contributed by atoms with Gasteiger partial charge in [-0.1, -0.05) is 6.07 Å². The Hall–Kier alpha value is -2.33.